The molecule has 7 nitrogen and oxygen atoms in total. The minimum Gasteiger partial charge on any atom is -0.465 e. The number of rotatable bonds is 7. The van der Waals surface area contributed by atoms with Crippen molar-refractivity contribution in [2.24, 2.45) is 0 Å². The normalized spacial score (nSPS) is 10.3. The maximum Gasteiger partial charge on any atom is 0.337 e. The molecule has 1 heterocycles. The van der Waals surface area contributed by atoms with Crippen molar-refractivity contribution in [1.29, 1.82) is 0 Å². The predicted octanol–water partition coefficient (Wildman–Crippen LogP) is 3.12. The number of hydrogen-bond acceptors (Lipinski definition) is 6. The molecular formula is C21H19FN4O3. The van der Waals surface area contributed by atoms with Crippen LogP contribution in [0.3, 0.4) is 0 Å². The Balaban J connectivity index is 1.53. The van der Waals surface area contributed by atoms with Gasteiger partial charge in [-0.15, -0.1) is 10.2 Å². The molecule has 1 amide bonds. The van der Waals surface area contributed by atoms with E-state index in [0.717, 1.165) is 0 Å². The average molecular weight is 394 g/mol. The number of methoxy groups -OCH3 is 1. The number of amides is 1. The number of benzene rings is 2. The summed E-state index contributed by atoms with van der Waals surface area (Å²) >= 11 is 0. The van der Waals surface area contributed by atoms with E-state index in [1.807, 2.05) is 0 Å². The molecule has 0 aliphatic heterocycles. The molecule has 0 aliphatic rings. The van der Waals surface area contributed by atoms with Gasteiger partial charge in [-0.1, -0.05) is 18.2 Å². The number of halogens is 1. The van der Waals surface area contributed by atoms with Crippen molar-refractivity contribution in [3.8, 4) is 0 Å². The third kappa shape index (κ3) is 5.35. The lowest BCUT2D eigenvalue weighted by molar-refractivity contribution is 0.0600. The first-order valence-electron chi connectivity index (χ1n) is 8.87. The molecule has 2 aromatic carbocycles. The molecule has 0 bridgehead atoms. The van der Waals surface area contributed by atoms with Crippen LogP contribution in [-0.4, -0.2) is 35.7 Å². The van der Waals surface area contributed by atoms with Crippen molar-refractivity contribution in [2.75, 3.05) is 19.0 Å². The fourth-order valence-corrected chi connectivity index (χ4v) is 2.58. The average Bonchev–Trinajstić information content (AvgIpc) is 2.75. The molecule has 0 unspecified atom stereocenters. The zero-order chi connectivity index (χ0) is 20.6. The number of nitrogens with one attached hydrogen (secondary N) is 2. The van der Waals surface area contributed by atoms with Gasteiger partial charge in [-0.05, 0) is 54.4 Å². The summed E-state index contributed by atoms with van der Waals surface area (Å²) in [6, 6.07) is 16.3. The Morgan fingerprint density at radius 1 is 1.00 bits per heavy atom. The van der Waals surface area contributed by atoms with Gasteiger partial charge in [-0.3, -0.25) is 4.79 Å². The van der Waals surface area contributed by atoms with Crippen molar-refractivity contribution in [2.45, 2.75) is 6.42 Å². The lowest BCUT2D eigenvalue weighted by atomic mass is 10.1. The molecule has 0 radical (unpaired) electrons. The SMILES string of the molecule is COC(=O)c1ccc(Nc2ccc(C(=O)NCCc3ccccc3F)nn2)cc1. The van der Waals surface area contributed by atoms with E-state index in [2.05, 4.69) is 25.6 Å². The summed E-state index contributed by atoms with van der Waals surface area (Å²) < 4.78 is 18.2. The van der Waals surface area contributed by atoms with Gasteiger partial charge in [0.15, 0.2) is 11.5 Å². The minimum atomic E-state index is -0.415. The highest BCUT2D eigenvalue weighted by atomic mass is 19.1. The van der Waals surface area contributed by atoms with E-state index >= 15 is 0 Å². The van der Waals surface area contributed by atoms with Crippen molar-refractivity contribution in [3.05, 3.63) is 83.3 Å². The summed E-state index contributed by atoms with van der Waals surface area (Å²) in [4.78, 5) is 23.6. The Bertz CT molecular complexity index is 992. The minimum absolute atomic E-state index is 0.158. The van der Waals surface area contributed by atoms with Crippen LogP contribution >= 0.6 is 0 Å². The van der Waals surface area contributed by atoms with Crippen LogP contribution in [0.15, 0.2) is 60.7 Å². The van der Waals surface area contributed by atoms with Crippen molar-refractivity contribution >= 4 is 23.4 Å². The molecule has 0 saturated heterocycles. The van der Waals surface area contributed by atoms with E-state index in [1.54, 1.807) is 48.5 Å². The molecule has 3 aromatic rings. The van der Waals surface area contributed by atoms with Gasteiger partial charge in [0.05, 0.1) is 12.7 Å². The second-order valence-corrected chi connectivity index (χ2v) is 6.10. The van der Waals surface area contributed by atoms with Crippen molar-refractivity contribution < 1.29 is 18.7 Å². The van der Waals surface area contributed by atoms with Crippen LogP contribution in [0, 0.1) is 5.82 Å². The van der Waals surface area contributed by atoms with Gasteiger partial charge in [-0.25, -0.2) is 9.18 Å². The summed E-state index contributed by atoms with van der Waals surface area (Å²) in [6.07, 6.45) is 0.382. The number of hydrogen-bond donors (Lipinski definition) is 2. The number of nitrogens with zero attached hydrogens (tertiary/aromatic N) is 2. The zero-order valence-corrected chi connectivity index (χ0v) is 15.7. The van der Waals surface area contributed by atoms with Crippen molar-refractivity contribution in [1.82, 2.24) is 15.5 Å². The number of anilines is 2. The summed E-state index contributed by atoms with van der Waals surface area (Å²) in [6.45, 7) is 0.286. The maximum absolute atomic E-state index is 13.6. The molecule has 0 atom stereocenters. The van der Waals surface area contributed by atoms with Gasteiger partial charge < -0.3 is 15.4 Å². The smallest absolute Gasteiger partial charge is 0.337 e. The van der Waals surface area contributed by atoms with E-state index in [1.165, 1.54) is 19.2 Å². The second-order valence-electron chi connectivity index (χ2n) is 6.10. The lowest BCUT2D eigenvalue weighted by Crippen LogP contribution is -2.27. The molecule has 2 N–H and O–H groups in total. The Morgan fingerprint density at radius 2 is 1.76 bits per heavy atom. The molecular weight excluding hydrogens is 375 g/mol. The molecule has 1 aromatic heterocycles. The third-order valence-corrected chi connectivity index (χ3v) is 4.11. The van der Waals surface area contributed by atoms with Crippen LogP contribution in [-0.2, 0) is 11.2 Å². The molecule has 0 aliphatic carbocycles. The van der Waals surface area contributed by atoms with E-state index < -0.39 is 5.97 Å². The van der Waals surface area contributed by atoms with Gasteiger partial charge in [0.1, 0.15) is 5.82 Å². The Labute approximate surface area is 166 Å². The predicted molar refractivity (Wildman–Crippen MR) is 106 cm³/mol. The fourth-order valence-electron chi connectivity index (χ4n) is 2.58. The standard InChI is InChI=1S/C21H19FN4O3/c1-29-21(28)15-6-8-16(9-7-15)24-19-11-10-18(25-26-19)20(27)23-13-12-14-4-2-3-5-17(14)22/h2-11H,12-13H2,1H3,(H,23,27)(H,24,26). The van der Waals surface area contributed by atoms with Crippen LogP contribution in [0.1, 0.15) is 26.4 Å². The first-order valence-corrected chi connectivity index (χ1v) is 8.87. The summed E-state index contributed by atoms with van der Waals surface area (Å²) in [5.41, 5.74) is 1.84. The van der Waals surface area contributed by atoms with Crippen molar-refractivity contribution in [3.63, 3.8) is 0 Å². The van der Waals surface area contributed by atoms with E-state index in [0.29, 0.717) is 29.1 Å². The van der Waals surface area contributed by atoms with Gasteiger partial charge in [0.2, 0.25) is 0 Å². The monoisotopic (exact) mass is 394 g/mol. The Hall–Kier alpha value is -3.81. The molecule has 148 valence electrons. The molecule has 3 rings (SSSR count). The second kappa shape index (κ2) is 9.41. The van der Waals surface area contributed by atoms with E-state index in [9.17, 15) is 14.0 Å². The highest BCUT2D eigenvalue weighted by Crippen LogP contribution is 2.15. The van der Waals surface area contributed by atoms with Gasteiger partial charge in [-0.2, -0.15) is 0 Å². The molecule has 0 fully saturated rings. The van der Waals surface area contributed by atoms with Gasteiger partial charge in [0.25, 0.3) is 5.91 Å². The Kier molecular flexibility index (Phi) is 6.47. The largest absolute Gasteiger partial charge is 0.465 e. The number of aromatic nitrogens is 2. The third-order valence-electron chi connectivity index (χ3n) is 4.11. The molecule has 0 spiro atoms. The molecule has 8 heteroatoms. The first kappa shape index (κ1) is 19.9. The highest BCUT2D eigenvalue weighted by Gasteiger charge is 2.09. The maximum atomic E-state index is 13.6. The Morgan fingerprint density at radius 3 is 2.41 bits per heavy atom. The van der Waals surface area contributed by atoms with Crippen LogP contribution in [0.2, 0.25) is 0 Å². The lowest BCUT2D eigenvalue weighted by Gasteiger charge is -2.07. The number of ether oxygens (including phenoxy) is 1. The first-order chi connectivity index (χ1) is 14.1. The van der Waals surface area contributed by atoms with Crippen LogP contribution in [0.4, 0.5) is 15.9 Å². The quantitative estimate of drug-likeness (QED) is 0.598. The molecule has 29 heavy (non-hydrogen) atoms. The summed E-state index contributed by atoms with van der Waals surface area (Å²) in [5, 5.41) is 13.6. The van der Waals surface area contributed by atoms with Crippen LogP contribution in [0.25, 0.3) is 0 Å². The number of carbonyl (C=O) groups excluding carboxylic acids is 2. The summed E-state index contributed by atoms with van der Waals surface area (Å²) in [7, 11) is 1.32. The van der Waals surface area contributed by atoms with Gasteiger partial charge >= 0.3 is 5.97 Å². The van der Waals surface area contributed by atoms with Crippen LogP contribution < -0.4 is 10.6 Å². The molecule has 0 saturated carbocycles. The zero-order valence-electron chi connectivity index (χ0n) is 15.7. The fraction of sp³-hybridized carbons (Fsp3) is 0.143. The summed E-state index contributed by atoms with van der Waals surface area (Å²) in [5.74, 6) is -0.653. The van der Waals surface area contributed by atoms with Gasteiger partial charge in [0, 0.05) is 12.2 Å². The van der Waals surface area contributed by atoms with E-state index in [4.69, 9.17) is 0 Å². The highest BCUT2D eigenvalue weighted by molar-refractivity contribution is 5.92. The van der Waals surface area contributed by atoms with E-state index in [-0.39, 0.29) is 24.0 Å². The van der Waals surface area contributed by atoms with Crippen LogP contribution in [0.5, 0.6) is 0 Å². The number of carbonyl (C=O) groups is 2. The number of esters is 1. The topological polar surface area (TPSA) is 93.2 Å².